The first-order valence-electron chi connectivity index (χ1n) is 6.35. The fourth-order valence-electron chi connectivity index (χ4n) is 2.23. The van der Waals surface area contributed by atoms with Crippen LogP contribution in [0, 0.1) is 0 Å². The molecule has 0 heterocycles. The maximum atomic E-state index is 11.7. The minimum Gasteiger partial charge on any atom is -0.353 e. The molecule has 0 spiro atoms. The minimum absolute atomic E-state index is 0.182. The largest absolute Gasteiger partial charge is 0.353 e. The maximum Gasteiger partial charge on any atom is 0.230 e. The third kappa shape index (κ3) is 4.65. The molecule has 1 aromatic carbocycles. The van der Waals surface area contributed by atoms with Crippen LogP contribution in [0.15, 0.2) is 28.7 Å². The van der Waals surface area contributed by atoms with Gasteiger partial charge in [0.2, 0.25) is 5.91 Å². The molecular weight excluding hydrogens is 310 g/mol. The molecule has 0 radical (unpaired) electrons. The van der Waals surface area contributed by atoms with Crippen molar-refractivity contribution >= 4 is 33.6 Å². The summed E-state index contributed by atoms with van der Waals surface area (Å²) in [5.41, 5.74) is 1.25. The average Bonchev–Trinajstić information content (AvgIpc) is 2.82. The lowest BCUT2D eigenvalue weighted by Crippen LogP contribution is -2.33. The van der Waals surface area contributed by atoms with Crippen LogP contribution >= 0.6 is 27.7 Å². The van der Waals surface area contributed by atoms with Crippen LogP contribution < -0.4 is 5.32 Å². The highest BCUT2D eigenvalue weighted by atomic mass is 79.9. The second-order valence-electron chi connectivity index (χ2n) is 4.67. The Hall–Kier alpha value is -0.480. The van der Waals surface area contributed by atoms with Crippen LogP contribution in [-0.2, 0) is 10.5 Å². The fourth-order valence-corrected chi connectivity index (χ4v) is 3.46. The monoisotopic (exact) mass is 327 g/mol. The van der Waals surface area contributed by atoms with Gasteiger partial charge in [-0.2, -0.15) is 0 Å². The smallest absolute Gasteiger partial charge is 0.230 e. The van der Waals surface area contributed by atoms with Crippen molar-refractivity contribution in [3.05, 3.63) is 34.3 Å². The maximum absolute atomic E-state index is 11.7. The van der Waals surface area contributed by atoms with Gasteiger partial charge >= 0.3 is 0 Å². The molecule has 0 unspecified atom stereocenters. The van der Waals surface area contributed by atoms with Gasteiger partial charge in [0.05, 0.1) is 5.75 Å². The molecule has 0 bridgehead atoms. The van der Waals surface area contributed by atoms with Crippen molar-refractivity contribution in [2.24, 2.45) is 0 Å². The van der Waals surface area contributed by atoms with E-state index in [2.05, 4.69) is 33.4 Å². The Kier molecular flexibility index (Phi) is 5.57. The van der Waals surface area contributed by atoms with E-state index in [0.717, 1.165) is 23.1 Å². The van der Waals surface area contributed by atoms with E-state index in [4.69, 9.17) is 0 Å². The number of hydrogen-bond acceptors (Lipinski definition) is 2. The Morgan fingerprint density at radius 3 is 2.89 bits per heavy atom. The molecule has 1 aliphatic carbocycles. The van der Waals surface area contributed by atoms with Crippen LogP contribution in [0.2, 0.25) is 0 Å². The lowest BCUT2D eigenvalue weighted by atomic mass is 10.2. The van der Waals surface area contributed by atoms with E-state index in [-0.39, 0.29) is 5.91 Å². The molecular formula is C14H18BrNOS. The number of rotatable bonds is 5. The second kappa shape index (κ2) is 7.19. The highest BCUT2D eigenvalue weighted by Crippen LogP contribution is 2.19. The summed E-state index contributed by atoms with van der Waals surface area (Å²) in [6.07, 6.45) is 4.83. The standard InChI is InChI=1S/C14H18BrNOS/c15-12-5-3-4-11(8-12)9-18-10-14(17)16-13-6-1-2-7-13/h3-5,8,13H,1-2,6-7,9-10H2,(H,16,17). The molecule has 1 aliphatic rings. The summed E-state index contributed by atoms with van der Waals surface area (Å²) in [6, 6.07) is 8.66. The summed E-state index contributed by atoms with van der Waals surface area (Å²) in [4.78, 5) is 11.7. The van der Waals surface area contributed by atoms with Crippen molar-refractivity contribution in [1.29, 1.82) is 0 Å². The van der Waals surface area contributed by atoms with Gasteiger partial charge in [0.1, 0.15) is 0 Å². The van der Waals surface area contributed by atoms with E-state index in [0.29, 0.717) is 11.8 Å². The van der Waals surface area contributed by atoms with Crippen LogP contribution in [0.1, 0.15) is 31.2 Å². The van der Waals surface area contributed by atoms with Crippen molar-refractivity contribution in [2.75, 3.05) is 5.75 Å². The van der Waals surface area contributed by atoms with Crippen molar-refractivity contribution in [2.45, 2.75) is 37.5 Å². The van der Waals surface area contributed by atoms with Crippen LogP contribution in [-0.4, -0.2) is 17.7 Å². The third-order valence-corrected chi connectivity index (χ3v) is 4.61. The van der Waals surface area contributed by atoms with E-state index >= 15 is 0 Å². The van der Waals surface area contributed by atoms with E-state index in [9.17, 15) is 4.79 Å². The molecule has 0 aromatic heterocycles. The Morgan fingerprint density at radius 1 is 1.39 bits per heavy atom. The number of thioether (sulfide) groups is 1. The normalized spacial score (nSPS) is 15.8. The van der Waals surface area contributed by atoms with Gasteiger partial charge in [0, 0.05) is 16.3 Å². The Labute approximate surface area is 121 Å². The quantitative estimate of drug-likeness (QED) is 0.892. The van der Waals surface area contributed by atoms with Crippen LogP contribution in [0.4, 0.5) is 0 Å². The molecule has 1 N–H and O–H groups in total. The van der Waals surface area contributed by atoms with Crippen molar-refractivity contribution in [1.82, 2.24) is 5.32 Å². The van der Waals surface area contributed by atoms with Crippen molar-refractivity contribution in [3.63, 3.8) is 0 Å². The minimum atomic E-state index is 0.182. The molecule has 2 rings (SSSR count). The van der Waals surface area contributed by atoms with Gasteiger partial charge in [-0.25, -0.2) is 0 Å². The Bertz CT molecular complexity index is 405. The van der Waals surface area contributed by atoms with Gasteiger partial charge in [0.15, 0.2) is 0 Å². The zero-order chi connectivity index (χ0) is 12.8. The molecule has 1 fully saturated rings. The average molecular weight is 328 g/mol. The van der Waals surface area contributed by atoms with Crippen LogP contribution in [0.3, 0.4) is 0 Å². The topological polar surface area (TPSA) is 29.1 Å². The molecule has 18 heavy (non-hydrogen) atoms. The molecule has 98 valence electrons. The predicted molar refractivity (Wildman–Crippen MR) is 80.7 cm³/mol. The molecule has 2 nitrogen and oxygen atoms in total. The summed E-state index contributed by atoms with van der Waals surface area (Å²) in [5, 5.41) is 3.11. The van der Waals surface area contributed by atoms with E-state index < -0.39 is 0 Å². The number of carbonyl (C=O) groups excluding carboxylic acids is 1. The molecule has 1 saturated carbocycles. The van der Waals surface area contributed by atoms with E-state index in [1.54, 1.807) is 11.8 Å². The summed E-state index contributed by atoms with van der Waals surface area (Å²) in [5.74, 6) is 1.63. The summed E-state index contributed by atoms with van der Waals surface area (Å²) < 4.78 is 1.09. The first-order chi connectivity index (χ1) is 8.74. The highest BCUT2D eigenvalue weighted by Gasteiger charge is 2.16. The molecule has 1 amide bonds. The number of carbonyl (C=O) groups is 1. The van der Waals surface area contributed by atoms with Crippen LogP contribution in [0.5, 0.6) is 0 Å². The van der Waals surface area contributed by atoms with Gasteiger partial charge in [-0.15, -0.1) is 11.8 Å². The second-order valence-corrected chi connectivity index (χ2v) is 6.57. The SMILES string of the molecule is O=C(CSCc1cccc(Br)c1)NC1CCCC1. The number of hydrogen-bond donors (Lipinski definition) is 1. The first-order valence-corrected chi connectivity index (χ1v) is 8.30. The summed E-state index contributed by atoms with van der Waals surface area (Å²) in [6.45, 7) is 0. The Balaban J connectivity index is 1.66. The summed E-state index contributed by atoms with van der Waals surface area (Å²) in [7, 11) is 0. The molecule has 0 saturated heterocycles. The van der Waals surface area contributed by atoms with Gasteiger partial charge in [-0.3, -0.25) is 4.79 Å². The number of halogens is 1. The number of amides is 1. The van der Waals surface area contributed by atoms with Crippen LogP contribution in [0.25, 0.3) is 0 Å². The number of benzene rings is 1. The molecule has 0 atom stereocenters. The predicted octanol–water partition coefficient (Wildman–Crippen LogP) is 3.74. The zero-order valence-electron chi connectivity index (χ0n) is 10.3. The molecule has 1 aromatic rings. The lowest BCUT2D eigenvalue weighted by Gasteiger charge is -2.11. The summed E-state index contributed by atoms with van der Waals surface area (Å²) >= 11 is 5.13. The zero-order valence-corrected chi connectivity index (χ0v) is 12.7. The molecule has 0 aliphatic heterocycles. The van der Waals surface area contributed by atoms with Crippen molar-refractivity contribution < 1.29 is 4.79 Å². The molecule has 4 heteroatoms. The number of nitrogens with one attached hydrogen (secondary N) is 1. The van der Waals surface area contributed by atoms with Crippen molar-refractivity contribution in [3.8, 4) is 0 Å². The van der Waals surface area contributed by atoms with Gasteiger partial charge in [-0.1, -0.05) is 40.9 Å². The van der Waals surface area contributed by atoms with E-state index in [1.165, 1.54) is 18.4 Å². The van der Waals surface area contributed by atoms with Gasteiger partial charge in [0.25, 0.3) is 0 Å². The van der Waals surface area contributed by atoms with Gasteiger partial charge < -0.3 is 5.32 Å². The van der Waals surface area contributed by atoms with Gasteiger partial charge in [-0.05, 0) is 30.5 Å². The van der Waals surface area contributed by atoms with E-state index in [1.807, 2.05) is 12.1 Å². The first kappa shape index (κ1) is 13.9. The third-order valence-electron chi connectivity index (χ3n) is 3.11. The fraction of sp³-hybridized carbons (Fsp3) is 0.500. The highest BCUT2D eigenvalue weighted by molar-refractivity contribution is 9.10. The lowest BCUT2D eigenvalue weighted by molar-refractivity contribution is -0.119. The Morgan fingerprint density at radius 2 is 2.17 bits per heavy atom.